The average molecular weight is 525 g/mol. The fourth-order valence-corrected chi connectivity index (χ4v) is 4.01. The Hall–Kier alpha value is -4.85. The number of hydrogen-bond acceptors (Lipinski definition) is 7. The van der Waals surface area contributed by atoms with Crippen LogP contribution in [0.15, 0.2) is 90.1 Å². The van der Waals surface area contributed by atoms with Crippen LogP contribution in [0, 0.1) is 0 Å². The molecule has 0 aromatic heterocycles. The Kier molecular flexibility index (Phi) is 9.13. The summed E-state index contributed by atoms with van der Waals surface area (Å²) in [5, 5.41) is 6.77. The van der Waals surface area contributed by atoms with E-state index in [-0.39, 0.29) is 23.5 Å². The second kappa shape index (κ2) is 13.1. The second-order valence-electron chi connectivity index (χ2n) is 8.93. The summed E-state index contributed by atoms with van der Waals surface area (Å²) >= 11 is 0. The Morgan fingerprint density at radius 1 is 0.923 bits per heavy atom. The maximum atomic E-state index is 12.7. The van der Waals surface area contributed by atoms with Gasteiger partial charge in [0.2, 0.25) is 23.6 Å². The van der Waals surface area contributed by atoms with Gasteiger partial charge in [-0.3, -0.25) is 14.4 Å². The summed E-state index contributed by atoms with van der Waals surface area (Å²) in [7, 11) is 1.28. The van der Waals surface area contributed by atoms with Gasteiger partial charge in [0.05, 0.1) is 12.8 Å². The van der Waals surface area contributed by atoms with Crippen LogP contribution in [-0.4, -0.2) is 48.9 Å². The molecule has 1 aliphatic rings. The van der Waals surface area contributed by atoms with E-state index in [0.717, 1.165) is 18.4 Å². The molecule has 1 N–H and O–H groups in total. The minimum atomic E-state index is -0.787. The van der Waals surface area contributed by atoms with Gasteiger partial charge in [0.1, 0.15) is 0 Å². The number of ketones is 2. The number of nitrogens with one attached hydrogen (secondary N) is 1. The van der Waals surface area contributed by atoms with Gasteiger partial charge >= 0.3 is 5.97 Å². The predicted molar refractivity (Wildman–Crippen MR) is 146 cm³/mol. The maximum absolute atomic E-state index is 12.7. The third-order valence-electron chi connectivity index (χ3n) is 6.20. The van der Waals surface area contributed by atoms with E-state index in [9.17, 15) is 19.2 Å². The van der Waals surface area contributed by atoms with Crippen LogP contribution in [0.4, 0.5) is 0 Å². The lowest BCUT2D eigenvalue weighted by molar-refractivity contribution is -0.152. The zero-order valence-electron chi connectivity index (χ0n) is 21.5. The molecule has 0 saturated heterocycles. The number of Topliss-reactive ketones (excluding diaryl/α,β-unsaturated/α-hetero) is 2. The fourth-order valence-electron chi connectivity index (χ4n) is 4.01. The van der Waals surface area contributed by atoms with Crippen LogP contribution < -0.4 is 5.32 Å². The smallest absolute Gasteiger partial charge is 0.350 e. The third kappa shape index (κ3) is 7.35. The first-order chi connectivity index (χ1) is 18.9. The Balaban J connectivity index is 1.26. The number of methoxy groups -OCH3 is 1. The van der Waals surface area contributed by atoms with Crippen LogP contribution in [0.2, 0.25) is 0 Å². The molecule has 198 valence electrons. The van der Waals surface area contributed by atoms with E-state index in [1.165, 1.54) is 18.7 Å². The van der Waals surface area contributed by atoms with Crippen LogP contribution in [-0.2, 0) is 25.6 Å². The van der Waals surface area contributed by atoms with E-state index in [2.05, 4.69) is 27.3 Å². The molecule has 0 fully saturated rings. The number of nitrogens with zero attached hydrogens (tertiary/aromatic N) is 1. The van der Waals surface area contributed by atoms with Gasteiger partial charge in [-0.05, 0) is 35.6 Å². The van der Waals surface area contributed by atoms with Crippen molar-refractivity contribution in [1.29, 1.82) is 0 Å². The number of rotatable bonds is 11. The lowest BCUT2D eigenvalue weighted by Gasteiger charge is -2.05. The van der Waals surface area contributed by atoms with Gasteiger partial charge in [-0.1, -0.05) is 84.0 Å². The first kappa shape index (κ1) is 27.2. The van der Waals surface area contributed by atoms with Gasteiger partial charge in [0.15, 0.2) is 0 Å². The van der Waals surface area contributed by atoms with E-state index in [1.807, 2.05) is 18.2 Å². The molecule has 0 aliphatic carbocycles. The molecule has 39 heavy (non-hydrogen) atoms. The number of hydrogen-bond donors (Lipinski definition) is 1. The lowest BCUT2D eigenvalue weighted by atomic mass is 9.98. The zero-order valence-corrected chi connectivity index (χ0v) is 21.5. The predicted octanol–water partition coefficient (Wildman–Crippen LogP) is 4.18. The van der Waals surface area contributed by atoms with Gasteiger partial charge < -0.3 is 14.9 Å². The number of carbonyl (C=O) groups is 4. The summed E-state index contributed by atoms with van der Waals surface area (Å²) in [5.41, 5.74) is 3.69. The minimum Gasteiger partial charge on any atom is -0.466 e. The summed E-state index contributed by atoms with van der Waals surface area (Å²) < 4.78 is 4.66. The first-order valence-electron chi connectivity index (χ1n) is 12.5. The van der Waals surface area contributed by atoms with Crippen LogP contribution in [0.1, 0.15) is 50.2 Å². The van der Waals surface area contributed by atoms with Crippen molar-refractivity contribution in [2.45, 2.75) is 25.4 Å². The van der Waals surface area contributed by atoms with Crippen molar-refractivity contribution in [2.75, 3.05) is 13.7 Å². The Bertz CT molecular complexity index is 1390. The van der Waals surface area contributed by atoms with Crippen molar-refractivity contribution in [3.63, 3.8) is 0 Å². The lowest BCUT2D eigenvalue weighted by Crippen LogP contribution is -2.22. The summed E-state index contributed by atoms with van der Waals surface area (Å²) in [6.07, 6.45) is 4.31. The Morgan fingerprint density at radius 3 is 2.21 bits per heavy atom. The first-order valence-corrected chi connectivity index (χ1v) is 12.5. The Labute approximate surface area is 226 Å². The van der Waals surface area contributed by atoms with Crippen molar-refractivity contribution in [2.24, 2.45) is 5.16 Å². The summed E-state index contributed by atoms with van der Waals surface area (Å²) in [4.78, 5) is 54.2. The molecule has 4 rings (SSSR count). The molecule has 3 aromatic rings. The van der Waals surface area contributed by atoms with Crippen LogP contribution in [0.5, 0.6) is 0 Å². The van der Waals surface area contributed by atoms with Crippen molar-refractivity contribution < 1.29 is 28.8 Å². The number of benzene rings is 3. The maximum Gasteiger partial charge on any atom is 0.350 e. The molecule has 1 amide bonds. The van der Waals surface area contributed by atoms with Crippen LogP contribution >= 0.6 is 0 Å². The van der Waals surface area contributed by atoms with E-state index in [0.29, 0.717) is 17.8 Å². The fraction of sp³-hybridized carbons (Fsp3) is 0.194. The van der Waals surface area contributed by atoms with Crippen molar-refractivity contribution in [1.82, 2.24) is 5.32 Å². The molecular formula is C31H28N2O6. The van der Waals surface area contributed by atoms with E-state index >= 15 is 0 Å². The van der Waals surface area contributed by atoms with Gasteiger partial charge in [-0.2, -0.15) is 0 Å². The average Bonchev–Trinajstić information content (AvgIpc) is 3.48. The monoisotopic (exact) mass is 524 g/mol. The van der Waals surface area contributed by atoms with Crippen molar-refractivity contribution in [3.8, 4) is 0 Å². The second-order valence-corrected chi connectivity index (χ2v) is 8.93. The minimum absolute atomic E-state index is 0.196. The molecule has 8 heteroatoms. The summed E-state index contributed by atoms with van der Waals surface area (Å²) in [6, 6.07) is 23.0. The van der Waals surface area contributed by atoms with Gasteiger partial charge in [-0.15, -0.1) is 0 Å². The quantitative estimate of drug-likeness (QED) is 0.132. The molecule has 1 heterocycles. The van der Waals surface area contributed by atoms with Crippen LogP contribution in [0.3, 0.4) is 0 Å². The molecule has 0 saturated carbocycles. The number of aryl methyl sites for hydroxylation is 1. The highest BCUT2D eigenvalue weighted by Gasteiger charge is 2.29. The van der Waals surface area contributed by atoms with Crippen molar-refractivity contribution in [3.05, 3.63) is 113 Å². The van der Waals surface area contributed by atoms with Gasteiger partial charge in [0.25, 0.3) is 0 Å². The molecule has 0 bridgehead atoms. The van der Waals surface area contributed by atoms with E-state index in [1.54, 1.807) is 54.6 Å². The molecule has 1 unspecified atom stereocenters. The molecule has 1 aliphatic heterocycles. The highest BCUT2D eigenvalue weighted by Crippen LogP contribution is 2.19. The highest BCUT2D eigenvalue weighted by atomic mass is 16.7. The summed E-state index contributed by atoms with van der Waals surface area (Å²) in [6.45, 7) is 0.574. The van der Waals surface area contributed by atoms with E-state index in [4.69, 9.17) is 4.84 Å². The number of carbonyl (C=O) groups excluding carboxylic acids is 4. The van der Waals surface area contributed by atoms with E-state index < -0.39 is 23.6 Å². The number of ether oxygens (including phenoxy) is 1. The number of oxime groups is 1. The largest absolute Gasteiger partial charge is 0.466 e. The number of amides is 1. The number of esters is 1. The van der Waals surface area contributed by atoms with Crippen LogP contribution in [0.25, 0.3) is 6.08 Å². The van der Waals surface area contributed by atoms with Gasteiger partial charge in [-0.25, -0.2) is 4.79 Å². The zero-order chi connectivity index (χ0) is 27.6. The molecule has 1 atom stereocenters. The van der Waals surface area contributed by atoms with Gasteiger partial charge in [0, 0.05) is 30.2 Å². The van der Waals surface area contributed by atoms with Crippen molar-refractivity contribution >= 4 is 35.2 Å². The molecule has 8 nitrogen and oxygen atoms in total. The normalized spacial score (nSPS) is 14.4. The third-order valence-corrected chi connectivity index (χ3v) is 6.20. The molecule has 0 radical (unpaired) electrons. The topological polar surface area (TPSA) is 111 Å². The molecular weight excluding hydrogens is 496 g/mol. The summed E-state index contributed by atoms with van der Waals surface area (Å²) in [5.74, 6) is -1.98. The molecule has 0 spiro atoms. The highest BCUT2D eigenvalue weighted by molar-refractivity contribution is 6.49. The molecule has 3 aromatic carbocycles. The Morgan fingerprint density at radius 2 is 1.56 bits per heavy atom. The standard InChI is InChI=1S/C31H28N2O6/c1-38-31(37)27-20-26(33-39-27)23-14-16-25(17-15-23)30(36)29(35)24-12-9-22(10-13-24)11-18-28(34)32-19-5-8-21-6-3-2-4-7-21/h2-4,6-7,9-18,27H,5,8,19-20H2,1H3,(H,32,34)/b18-11+. The SMILES string of the molecule is COC(=O)C1CC(c2ccc(C(=O)C(=O)c3ccc(/C=C/C(=O)NCCCc4ccccc4)cc3)cc2)=NO1.